The van der Waals surface area contributed by atoms with Crippen LogP contribution in [0.4, 0.5) is 0 Å². The number of sulfone groups is 1. The topological polar surface area (TPSA) is 91.8 Å². The van der Waals surface area contributed by atoms with E-state index in [1.165, 1.54) is 12.1 Å². The van der Waals surface area contributed by atoms with Gasteiger partial charge in [0.05, 0.1) is 4.90 Å². The molecule has 1 aliphatic rings. The highest BCUT2D eigenvalue weighted by Gasteiger charge is 2.28. The van der Waals surface area contributed by atoms with E-state index in [0.29, 0.717) is 18.5 Å². The van der Waals surface area contributed by atoms with Crippen molar-refractivity contribution in [3.63, 3.8) is 0 Å². The molecule has 0 spiro atoms. The molecule has 1 aromatic carbocycles. The fraction of sp³-hybridized carbons (Fsp3) is 0.500. The molecule has 1 saturated heterocycles. The zero-order valence-corrected chi connectivity index (χ0v) is 13.9. The van der Waals surface area contributed by atoms with Crippen LogP contribution in [0.25, 0.3) is 0 Å². The molecule has 1 heterocycles. The van der Waals surface area contributed by atoms with Crippen LogP contribution in [-0.4, -0.2) is 49.1 Å². The van der Waals surface area contributed by atoms with Gasteiger partial charge in [0.1, 0.15) is 0 Å². The van der Waals surface area contributed by atoms with Crippen molar-refractivity contribution >= 4 is 21.7 Å². The molecule has 1 atom stereocenters. The molecule has 0 aromatic heterocycles. The highest BCUT2D eigenvalue weighted by Crippen LogP contribution is 2.24. The number of hydrogen-bond acceptors (Lipinski definition) is 4. The van der Waals surface area contributed by atoms with Gasteiger partial charge in [0, 0.05) is 30.8 Å². The lowest BCUT2D eigenvalue weighted by Crippen LogP contribution is -2.44. The number of carboxylic acid groups (broad SMARTS) is 1. The Bertz CT molecular complexity index is 698. The van der Waals surface area contributed by atoms with Crippen molar-refractivity contribution in [3.05, 3.63) is 29.8 Å². The van der Waals surface area contributed by atoms with Crippen molar-refractivity contribution in [2.75, 3.05) is 12.8 Å². The number of nitrogens with zero attached hydrogens (tertiary/aromatic N) is 1. The van der Waals surface area contributed by atoms with Crippen molar-refractivity contribution in [1.82, 2.24) is 4.90 Å². The Kier molecular flexibility index (Phi) is 5.41. The smallest absolute Gasteiger partial charge is 0.303 e. The van der Waals surface area contributed by atoms with Gasteiger partial charge in [-0.1, -0.05) is 6.07 Å². The molecule has 1 aliphatic heterocycles. The van der Waals surface area contributed by atoms with Gasteiger partial charge in [0.15, 0.2) is 9.84 Å². The molecular formula is C16H21NO5S. The zero-order valence-electron chi connectivity index (χ0n) is 13.1. The summed E-state index contributed by atoms with van der Waals surface area (Å²) in [6, 6.07) is 5.90. The summed E-state index contributed by atoms with van der Waals surface area (Å²) < 4.78 is 23.3. The molecular weight excluding hydrogens is 318 g/mol. The summed E-state index contributed by atoms with van der Waals surface area (Å²) in [7, 11) is -3.37. The number of aliphatic carboxylic acids is 1. The van der Waals surface area contributed by atoms with Crippen LogP contribution in [0.2, 0.25) is 0 Å². The Morgan fingerprint density at radius 3 is 2.70 bits per heavy atom. The third-order valence-electron chi connectivity index (χ3n) is 4.09. The summed E-state index contributed by atoms with van der Waals surface area (Å²) in [4.78, 5) is 25.3. The number of piperidine rings is 1. The lowest BCUT2D eigenvalue weighted by atomic mass is 9.97. The van der Waals surface area contributed by atoms with Crippen LogP contribution in [0.15, 0.2) is 29.2 Å². The molecule has 0 bridgehead atoms. The molecule has 1 fully saturated rings. The van der Waals surface area contributed by atoms with E-state index < -0.39 is 15.8 Å². The quantitative estimate of drug-likeness (QED) is 0.885. The predicted molar refractivity (Wildman–Crippen MR) is 85.1 cm³/mol. The van der Waals surface area contributed by atoms with E-state index in [1.807, 2.05) is 0 Å². The summed E-state index contributed by atoms with van der Waals surface area (Å²) in [6.45, 7) is 0.576. The highest BCUT2D eigenvalue weighted by molar-refractivity contribution is 7.90. The van der Waals surface area contributed by atoms with Crippen LogP contribution >= 0.6 is 0 Å². The number of amides is 1. The van der Waals surface area contributed by atoms with Crippen molar-refractivity contribution in [2.24, 2.45) is 0 Å². The van der Waals surface area contributed by atoms with E-state index >= 15 is 0 Å². The summed E-state index contributed by atoms with van der Waals surface area (Å²) in [5, 5.41) is 8.84. The lowest BCUT2D eigenvalue weighted by molar-refractivity contribution is -0.137. The molecule has 1 N–H and O–H groups in total. The maximum Gasteiger partial charge on any atom is 0.303 e. The van der Waals surface area contributed by atoms with E-state index in [4.69, 9.17) is 5.11 Å². The van der Waals surface area contributed by atoms with Crippen LogP contribution in [0.3, 0.4) is 0 Å². The number of likely N-dealkylation sites (tertiary alicyclic amines) is 1. The Morgan fingerprint density at radius 1 is 1.30 bits per heavy atom. The van der Waals surface area contributed by atoms with Gasteiger partial charge in [0.25, 0.3) is 5.91 Å². The van der Waals surface area contributed by atoms with Crippen molar-refractivity contribution in [3.8, 4) is 0 Å². The lowest BCUT2D eigenvalue weighted by Gasteiger charge is -2.35. The van der Waals surface area contributed by atoms with Gasteiger partial charge in [-0.15, -0.1) is 0 Å². The summed E-state index contributed by atoms with van der Waals surface area (Å²) >= 11 is 0. The van der Waals surface area contributed by atoms with Crippen LogP contribution in [0.1, 0.15) is 42.5 Å². The number of carboxylic acids is 1. The van der Waals surface area contributed by atoms with Crippen LogP contribution in [0, 0.1) is 0 Å². The fourth-order valence-corrected chi connectivity index (χ4v) is 3.55. The summed E-state index contributed by atoms with van der Waals surface area (Å²) in [6.07, 6.45) is 4.18. The standard InChI is InChI=1S/C16H21NO5S/c1-23(21,22)14-7-4-5-12(11-14)16(20)17-10-3-2-6-13(17)8-9-15(18)19/h4-5,7,11,13H,2-3,6,8-10H2,1H3,(H,18,19). The van der Waals surface area contributed by atoms with Gasteiger partial charge < -0.3 is 10.0 Å². The first-order chi connectivity index (χ1) is 10.8. The molecule has 1 amide bonds. The number of carbonyl (C=O) groups is 2. The van der Waals surface area contributed by atoms with Crippen LogP contribution in [-0.2, 0) is 14.6 Å². The molecule has 0 radical (unpaired) electrons. The van der Waals surface area contributed by atoms with Crippen molar-refractivity contribution < 1.29 is 23.1 Å². The second-order valence-corrected chi connectivity index (χ2v) is 7.90. The summed E-state index contributed by atoms with van der Waals surface area (Å²) in [5.74, 6) is -1.10. The van der Waals surface area contributed by atoms with Crippen LogP contribution < -0.4 is 0 Å². The first kappa shape index (κ1) is 17.5. The normalized spacial score (nSPS) is 18.7. The molecule has 6 nitrogen and oxygen atoms in total. The minimum absolute atomic E-state index is 0.0256. The van der Waals surface area contributed by atoms with Gasteiger partial charge in [0.2, 0.25) is 0 Å². The highest BCUT2D eigenvalue weighted by atomic mass is 32.2. The number of benzene rings is 1. The zero-order chi connectivity index (χ0) is 17.0. The van der Waals surface area contributed by atoms with Crippen molar-refractivity contribution in [1.29, 1.82) is 0 Å². The van der Waals surface area contributed by atoms with E-state index in [2.05, 4.69) is 0 Å². The first-order valence-corrected chi connectivity index (χ1v) is 9.51. The number of carbonyl (C=O) groups excluding carboxylic acids is 1. The maximum atomic E-state index is 12.7. The molecule has 1 unspecified atom stereocenters. The fourth-order valence-electron chi connectivity index (χ4n) is 2.88. The Hall–Kier alpha value is -1.89. The third-order valence-corrected chi connectivity index (χ3v) is 5.20. The van der Waals surface area contributed by atoms with Gasteiger partial charge in [-0.2, -0.15) is 0 Å². The van der Waals surface area contributed by atoms with Gasteiger partial charge >= 0.3 is 5.97 Å². The van der Waals surface area contributed by atoms with Gasteiger partial charge in [-0.3, -0.25) is 9.59 Å². The molecule has 7 heteroatoms. The molecule has 23 heavy (non-hydrogen) atoms. The van der Waals surface area contributed by atoms with E-state index in [1.54, 1.807) is 17.0 Å². The van der Waals surface area contributed by atoms with Gasteiger partial charge in [-0.05, 0) is 43.9 Å². The van der Waals surface area contributed by atoms with Crippen molar-refractivity contribution in [2.45, 2.75) is 43.0 Å². The molecule has 1 aromatic rings. The number of rotatable bonds is 5. The predicted octanol–water partition coefficient (Wildman–Crippen LogP) is 1.95. The Balaban J connectivity index is 2.21. The van der Waals surface area contributed by atoms with E-state index in [-0.39, 0.29) is 23.3 Å². The summed E-state index contributed by atoms with van der Waals surface area (Å²) in [5.41, 5.74) is 0.329. The SMILES string of the molecule is CS(=O)(=O)c1cccc(C(=O)N2CCCCC2CCC(=O)O)c1. The Morgan fingerprint density at radius 2 is 2.04 bits per heavy atom. The third kappa shape index (κ3) is 4.54. The minimum atomic E-state index is -3.37. The minimum Gasteiger partial charge on any atom is -0.481 e. The second-order valence-electron chi connectivity index (χ2n) is 5.88. The Labute approximate surface area is 136 Å². The van der Waals surface area contributed by atoms with E-state index in [9.17, 15) is 18.0 Å². The molecule has 0 aliphatic carbocycles. The van der Waals surface area contributed by atoms with Gasteiger partial charge in [-0.25, -0.2) is 8.42 Å². The van der Waals surface area contributed by atoms with E-state index in [0.717, 1.165) is 25.5 Å². The second kappa shape index (κ2) is 7.12. The number of hydrogen-bond donors (Lipinski definition) is 1. The first-order valence-electron chi connectivity index (χ1n) is 7.62. The molecule has 2 rings (SSSR count). The van der Waals surface area contributed by atoms with Crippen LogP contribution in [0.5, 0.6) is 0 Å². The monoisotopic (exact) mass is 339 g/mol. The molecule has 0 saturated carbocycles. The molecule has 126 valence electrons. The maximum absolute atomic E-state index is 12.7. The largest absolute Gasteiger partial charge is 0.481 e. The average Bonchev–Trinajstić information content (AvgIpc) is 2.52. The average molecular weight is 339 g/mol.